The fourth-order valence-corrected chi connectivity index (χ4v) is 1.84. The monoisotopic (exact) mass is 254 g/mol. The summed E-state index contributed by atoms with van der Waals surface area (Å²) < 4.78 is 13.5. The molecule has 0 bridgehead atoms. The van der Waals surface area contributed by atoms with Crippen molar-refractivity contribution in [2.24, 2.45) is 5.73 Å². The first-order chi connectivity index (χ1) is 8.46. The molecule has 0 fully saturated rings. The Labute approximate surface area is 108 Å². The van der Waals surface area contributed by atoms with E-state index in [1.165, 1.54) is 6.07 Å². The van der Waals surface area contributed by atoms with Crippen molar-refractivity contribution < 1.29 is 9.50 Å². The van der Waals surface area contributed by atoms with Crippen molar-refractivity contribution >= 4 is 5.69 Å². The van der Waals surface area contributed by atoms with Crippen molar-refractivity contribution in [2.75, 3.05) is 25.1 Å². The van der Waals surface area contributed by atoms with E-state index in [1.807, 2.05) is 24.9 Å². The number of hydrogen-bond acceptors (Lipinski definition) is 3. The zero-order chi connectivity index (χ0) is 13.6. The van der Waals surface area contributed by atoms with Crippen LogP contribution < -0.4 is 10.6 Å². The van der Waals surface area contributed by atoms with Gasteiger partial charge in [-0.05, 0) is 38.3 Å². The normalized spacial score (nSPS) is 14.3. The van der Waals surface area contributed by atoms with Gasteiger partial charge in [0.1, 0.15) is 5.82 Å². The third kappa shape index (κ3) is 4.63. The summed E-state index contributed by atoms with van der Waals surface area (Å²) in [5, 5.41) is 9.03. The molecule has 18 heavy (non-hydrogen) atoms. The second-order valence-electron chi connectivity index (χ2n) is 5.14. The lowest BCUT2D eigenvalue weighted by Gasteiger charge is -2.23. The van der Waals surface area contributed by atoms with Crippen LogP contribution in [0.1, 0.15) is 26.2 Å². The van der Waals surface area contributed by atoms with Crippen LogP contribution in [-0.2, 0) is 0 Å². The number of anilines is 1. The van der Waals surface area contributed by atoms with E-state index in [1.54, 1.807) is 12.1 Å². The number of hydrogen-bond donors (Lipinski definition) is 2. The van der Waals surface area contributed by atoms with Gasteiger partial charge in [-0.2, -0.15) is 0 Å². The predicted molar refractivity (Wildman–Crippen MR) is 73.2 cm³/mol. The average Bonchev–Trinajstić information content (AvgIpc) is 2.35. The highest BCUT2D eigenvalue weighted by Gasteiger charge is 2.16. The van der Waals surface area contributed by atoms with Crippen LogP contribution in [0.4, 0.5) is 10.1 Å². The fraction of sp³-hybridized carbons (Fsp3) is 0.571. The molecule has 102 valence electrons. The third-order valence-electron chi connectivity index (χ3n) is 3.12. The Morgan fingerprint density at radius 3 is 2.61 bits per heavy atom. The molecule has 0 amide bonds. The first kappa shape index (κ1) is 14.9. The Kier molecular flexibility index (Phi) is 5.56. The van der Waals surface area contributed by atoms with Gasteiger partial charge in [0.15, 0.2) is 0 Å². The number of aliphatic hydroxyl groups is 1. The van der Waals surface area contributed by atoms with Crippen LogP contribution in [0, 0.1) is 5.82 Å². The van der Waals surface area contributed by atoms with E-state index in [0.29, 0.717) is 5.69 Å². The third-order valence-corrected chi connectivity index (χ3v) is 3.12. The van der Waals surface area contributed by atoms with Crippen LogP contribution in [0.2, 0.25) is 0 Å². The second kappa shape index (κ2) is 6.71. The van der Waals surface area contributed by atoms with Crippen LogP contribution in [0.25, 0.3) is 0 Å². The summed E-state index contributed by atoms with van der Waals surface area (Å²) in [6, 6.07) is 6.76. The Morgan fingerprint density at radius 2 is 2.00 bits per heavy atom. The second-order valence-corrected chi connectivity index (χ2v) is 5.14. The topological polar surface area (TPSA) is 49.5 Å². The fourth-order valence-electron chi connectivity index (χ4n) is 1.84. The quantitative estimate of drug-likeness (QED) is 0.733. The maximum Gasteiger partial charge on any atom is 0.146 e. The van der Waals surface area contributed by atoms with Gasteiger partial charge in [-0.1, -0.05) is 12.1 Å². The van der Waals surface area contributed by atoms with Crippen molar-refractivity contribution in [3.05, 3.63) is 30.1 Å². The molecular weight excluding hydrogens is 231 g/mol. The van der Waals surface area contributed by atoms with Gasteiger partial charge in [-0.25, -0.2) is 4.39 Å². The molecule has 3 nitrogen and oxygen atoms in total. The minimum Gasteiger partial charge on any atom is -0.394 e. The van der Waals surface area contributed by atoms with Gasteiger partial charge in [0.05, 0.1) is 12.3 Å². The summed E-state index contributed by atoms with van der Waals surface area (Å²) in [4.78, 5) is 1.90. The molecule has 0 aliphatic rings. The smallest absolute Gasteiger partial charge is 0.146 e. The van der Waals surface area contributed by atoms with Gasteiger partial charge >= 0.3 is 0 Å². The highest BCUT2D eigenvalue weighted by Crippen LogP contribution is 2.18. The molecule has 0 saturated heterocycles. The molecule has 1 aromatic carbocycles. The molecule has 3 N–H and O–H groups in total. The zero-order valence-corrected chi connectivity index (χ0v) is 11.2. The van der Waals surface area contributed by atoms with Gasteiger partial charge in [-0.15, -0.1) is 0 Å². The Balaban J connectivity index is 2.34. The standard InChI is InChI=1S/C14H23FN2O/c1-14(16,11-18)9-5-6-10-17(2)13-8-4-3-7-12(13)15/h3-4,7-8,18H,5-6,9-11,16H2,1-2H3. The van der Waals surface area contributed by atoms with Crippen molar-refractivity contribution in [2.45, 2.75) is 31.7 Å². The minimum absolute atomic E-state index is 0.00382. The van der Waals surface area contributed by atoms with E-state index in [9.17, 15) is 4.39 Å². The molecule has 1 rings (SSSR count). The molecule has 4 heteroatoms. The molecule has 1 atom stereocenters. The summed E-state index contributed by atoms with van der Waals surface area (Å²) in [6.07, 6.45) is 2.62. The van der Waals surface area contributed by atoms with Crippen LogP contribution in [0.5, 0.6) is 0 Å². The molecule has 0 spiro atoms. The minimum atomic E-state index is -0.503. The van der Waals surface area contributed by atoms with Gasteiger partial charge in [0.2, 0.25) is 0 Å². The van der Waals surface area contributed by atoms with Crippen LogP contribution >= 0.6 is 0 Å². The van der Waals surface area contributed by atoms with Crippen molar-refractivity contribution in [1.82, 2.24) is 0 Å². The maximum atomic E-state index is 13.5. The molecule has 0 aliphatic carbocycles. The van der Waals surface area contributed by atoms with E-state index in [2.05, 4.69) is 0 Å². The predicted octanol–water partition coefficient (Wildman–Crippen LogP) is 2.14. The van der Waals surface area contributed by atoms with E-state index in [-0.39, 0.29) is 12.4 Å². The number of nitrogens with two attached hydrogens (primary N) is 1. The van der Waals surface area contributed by atoms with E-state index in [0.717, 1.165) is 25.8 Å². The molecule has 0 saturated carbocycles. The number of aliphatic hydroxyl groups excluding tert-OH is 1. The SMILES string of the molecule is CN(CCCCC(C)(N)CO)c1ccccc1F. The van der Waals surface area contributed by atoms with Gasteiger partial charge in [-0.3, -0.25) is 0 Å². The lowest BCUT2D eigenvalue weighted by atomic mass is 9.97. The number of rotatable bonds is 7. The summed E-state index contributed by atoms with van der Waals surface area (Å²) in [5.74, 6) is -0.195. The lowest BCUT2D eigenvalue weighted by molar-refractivity contribution is 0.197. The summed E-state index contributed by atoms with van der Waals surface area (Å²) in [7, 11) is 1.88. The van der Waals surface area contributed by atoms with E-state index >= 15 is 0 Å². The first-order valence-electron chi connectivity index (χ1n) is 6.32. The Morgan fingerprint density at radius 1 is 1.33 bits per heavy atom. The molecule has 0 radical (unpaired) electrons. The van der Waals surface area contributed by atoms with E-state index < -0.39 is 5.54 Å². The number of benzene rings is 1. The van der Waals surface area contributed by atoms with Crippen molar-refractivity contribution in [1.29, 1.82) is 0 Å². The summed E-state index contributed by atoms with van der Waals surface area (Å²) in [5.41, 5.74) is 5.96. The molecular formula is C14H23FN2O. The zero-order valence-electron chi connectivity index (χ0n) is 11.2. The molecule has 0 aliphatic heterocycles. The largest absolute Gasteiger partial charge is 0.394 e. The number of halogens is 1. The summed E-state index contributed by atoms with van der Waals surface area (Å²) >= 11 is 0. The van der Waals surface area contributed by atoms with Gasteiger partial charge < -0.3 is 15.7 Å². The molecule has 0 heterocycles. The molecule has 1 unspecified atom stereocenters. The van der Waals surface area contributed by atoms with Gasteiger partial charge in [0.25, 0.3) is 0 Å². The lowest BCUT2D eigenvalue weighted by Crippen LogP contribution is -2.40. The van der Waals surface area contributed by atoms with Gasteiger partial charge in [0, 0.05) is 19.1 Å². The Hall–Kier alpha value is -1.13. The van der Waals surface area contributed by atoms with Crippen molar-refractivity contribution in [3.8, 4) is 0 Å². The number of unbranched alkanes of at least 4 members (excludes halogenated alkanes) is 1. The average molecular weight is 254 g/mol. The van der Waals surface area contributed by atoms with Crippen LogP contribution in [0.3, 0.4) is 0 Å². The van der Waals surface area contributed by atoms with Crippen LogP contribution in [-0.4, -0.2) is 30.8 Å². The van der Waals surface area contributed by atoms with Crippen LogP contribution in [0.15, 0.2) is 24.3 Å². The number of para-hydroxylation sites is 1. The maximum absolute atomic E-state index is 13.5. The number of nitrogens with zero attached hydrogens (tertiary/aromatic N) is 1. The highest BCUT2D eigenvalue weighted by atomic mass is 19.1. The molecule has 1 aromatic rings. The first-order valence-corrected chi connectivity index (χ1v) is 6.32. The highest BCUT2D eigenvalue weighted by molar-refractivity contribution is 5.46. The summed E-state index contributed by atoms with van der Waals surface area (Å²) in [6.45, 7) is 2.62. The molecule has 0 aromatic heterocycles. The van der Waals surface area contributed by atoms with E-state index in [4.69, 9.17) is 10.8 Å². The Bertz CT molecular complexity index is 369. The van der Waals surface area contributed by atoms with Crippen molar-refractivity contribution in [3.63, 3.8) is 0 Å².